The van der Waals surface area contributed by atoms with E-state index in [9.17, 15) is 4.79 Å². The summed E-state index contributed by atoms with van der Waals surface area (Å²) >= 11 is 0. The van der Waals surface area contributed by atoms with Crippen LogP contribution in [0.15, 0.2) is 54.6 Å². The Hall–Kier alpha value is -2.88. The van der Waals surface area contributed by atoms with Crippen LogP contribution in [0.5, 0.6) is 5.75 Å². The van der Waals surface area contributed by atoms with Gasteiger partial charge in [0.2, 0.25) is 5.91 Å². The fourth-order valence-electron chi connectivity index (χ4n) is 2.56. The maximum absolute atomic E-state index is 11.4. The average molecular weight is 320 g/mol. The van der Waals surface area contributed by atoms with Gasteiger partial charge in [-0.2, -0.15) is 0 Å². The molecule has 0 bridgehead atoms. The van der Waals surface area contributed by atoms with Gasteiger partial charge in [0, 0.05) is 28.8 Å². The van der Waals surface area contributed by atoms with Gasteiger partial charge in [0.1, 0.15) is 12.4 Å². The quantitative estimate of drug-likeness (QED) is 0.754. The lowest BCUT2D eigenvalue weighted by molar-refractivity contribution is -0.115. The summed E-state index contributed by atoms with van der Waals surface area (Å²) < 4.78 is 5.90. The zero-order chi connectivity index (χ0) is 16.9. The van der Waals surface area contributed by atoms with Crippen LogP contribution in [-0.4, -0.2) is 10.9 Å². The number of nitrogens with one attached hydrogen (secondary N) is 1. The third-order valence-corrected chi connectivity index (χ3v) is 3.78. The molecule has 0 fully saturated rings. The summed E-state index contributed by atoms with van der Waals surface area (Å²) in [6, 6.07) is 17.5. The number of para-hydroxylation sites is 1. The second-order valence-electron chi connectivity index (χ2n) is 5.65. The summed E-state index contributed by atoms with van der Waals surface area (Å²) in [5.41, 5.74) is 3.85. The number of nitrogens with zero attached hydrogens (tertiary/aromatic N) is 1. The minimum Gasteiger partial charge on any atom is -0.489 e. The van der Waals surface area contributed by atoms with E-state index in [2.05, 4.69) is 22.4 Å². The molecule has 0 aliphatic heterocycles. The first kappa shape index (κ1) is 16.0. The Morgan fingerprint density at radius 2 is 1.88 bits per heavy atom. The van der Waals surface area contributed by atoms with Crippen LogP contribution in [0.3, 0.4) is 0 Å². The Morgan fingerprint density at radius 1 is 1.12 bits per heavy atom. The molecule has 3 aromatic rings. The molecule has 0 unspecified atom stereocenters. The van der Waals surface area contributed by atoms with Crippen molar-refractivity contribution in [2.75, 3.05) is 5.32 Å². The summed E-state index contributed by atoms with van der Waals surface area (Å²) in [4.78, 5) is 15.9. The van der Waals surface area contributed by atoms with Gasteiger partial charge in [0.25, 0.3) is 0 Å². The van der Waals surface area contributed by atoms with Crippen LogP contribution in [0, 0.1) is 6.92 Å². The highest BCUT2D eigenvalue weighted by molar-refractivity contribution is 5.90. The number of hydrogen-bond acceptors (Lipinski definition) is 3. The van der Waals surface area contributed by atoms with Crippen molar-refractivity contribution < 1.29 is 9.53 Å². The maximum Gasteiger partial charge on any atom is 0.224 e. The van der Waals surface area contributed by atoms with Gasteiger partial charge in [-0.25, -0.2) is 0 Å². The van der Waals surface area contributed by atoms with E-state index in [1.165, 1.54) is 0 Å². The summed E-state index contributed by atoms with van der Waals surface area (Å²) in [6.45, 7) is 4.29. The number of carbonyl (C=O) groups is 1. The van der Waals surface area contributed by atoms with Crippen LogP contribution in [0.2, 0.25) is 0 Å². The third-order valence-electron chi connectivity index (χ3n) is 3.78. The number of rotatable bonds is 5. The fraction of sp³-hybridized carbons (Fsp3) is 0.200. The highest BCUT2D eigenvalue weighted by Crippen LogP contribution is 2.21. The molecule has 0 saturated carbocycles. The molecule has 0 radical (unpaired) electrons. The monoisotopic (exact) mass is 320 g/mol. The zero-order valence-electron chi connectivity index (χ0n) is 13.9. The van der Waals surface area contributed by atoms with Crippen LogP contribution in [0.1, 0.15) is 24.6 Å². The number of amides is 1. The molecular weight excluding hydrogens is 300 g/mol. The lowest BCUT2D eigenvalue weighted by Gasteiger charge is -2.11. The van der Waals surface area contributed by atoms with Crippen molar-refractivity contribution in [3.8, 4) is 5.75 Å². The first-order valence-electron chi connectivity index (χ1n) is 8.03. The SMILES string of the molecule is CCC(=O)Nc1ccc(OCc2cc(C)nc3ccccc23)cc1. The third kappa shape index (κ3) is 3.71. The number of fused-ring (bicyclic) bond motifs is 1. The van der Waals surface area contributed by atoms with Crippen molar-refractivity contribution >= 4 is 22.5 Å². The van der Waals surface area contributed by atoms with E-state index in [1.807, 2.05) is 56.3 Å². The molecule has 0 atom stereocenters. The van der Waals surface area contributed by atoms with E-state index < -0.39 is 0 Å². The van der Waals surface area contributed by atoms with Crippen LogP contribution >= 0.6 is 0 Å². The van der Waals surface area contributed by atoms with E-state index in [-0.39, 0.29) is 5.91 Å². The van der Waals surface area contributed by atoms with E-state index >= 15 is 0 Å². The molecule has 2 aromatic carbocycles. The van der Waals surface area contributed by atoms with Crippen molar-refractivity contribution in [3.63, 3.8) is 0 Å². The number of benzene rings is 2. The van der Waals surface area contributed by atoms with Crippen LogP contribution in [0.4, 0.5) is 5.69 Å². The highest BCUT2D eigenvalue weighted by atomic mass is 16.5. The van der Waals surface area contributed by atoms with Crippen LogP contribution in [0.25, 0.3) is 10.9 Å². The number of hydrogen-bond donors (Lipinski definition) is 1. The van der Waals surface area contributed by atoms with Gasteiger partial charge in [-0.15, -0.1) is 0 Å². The number of carbonyl (C=O) groups excluding carboxylic acids is 1. The molecule has 3 rings (SSSR count). The first-order valence-corrected chi connectivity index (χ1v) is 8.03. The summed E-state index contributed by atoms with van der Waals surface area (Å²) in [5.74, 6) is 0.769. The molecule has 0 saturated heterocycles. The number of anilines is 1. The van der Waals surface area contributed by atoms with Gasteiger partial charge in [0.05, 0.1) is 5.52 Å². The fourth-order valence-corrected chi connectivity index (χ4v) is 2.56. The Morgan fingerprint density at radius 3 is 2.62 bits per heavy atom. The number of pyridine rings is 1. The molecular formula is C20H20N2O2. The van der Waals surface area contributed by atoms with E-state index in [1.54, 1.807) is 0 Å². The molecule has 4 heteroatoms. The largest absolute Gasteiger partial charge is 0.489 e. The smallest absolute Gasteiger partial charge is 0.224 e. The number of ether oxygens (including phenoxy) is 1. The van der Waals surface area contributed by atoms with E-state index in [0.29, 0.717) is 13.0 Å². The Labute approximate surface area is 141 Å². The van der Waals surface area contributed by atoms with Gasteiger partial charge < -0.3 is 10.1 Å². The zero-order valence-corrected chi connectivity index (χ0v) is 13.9. The Kier molecular flexibility index (Phi) is 4.75. The van der Waals surface area contributed by atoms with Gasteiger partial charge in [0.15, 0.2) is 0 Å². The van der Waals surface area contributed by atoms with Crippen molar-refractivity contribution in [1.29, 1.82) is 0 Å². The maximum atomic E-state index is 11.4. The lowest BCUT2D eigenvalue weighted by Crippen LogP contribution is -2.09. The minimum absolute atomic E-state index is 0.00222. The van der Waals surface area contributed by atoms with Gasteiger partial charge in [-0.05, 0) is 43.3 Å². The van der Waals surface area contributed by atoms with Crippen molar-refractivity contribution in [2.24, 2.45) is 0 Å². The molecule has 24 heavy (non-hydrogen) atoms. The molecule has 4 nitrogen and oxygen atoms in total. The predicted octanol–water partition coefficient (Wildman–Crippen LogP) is 4.47. The second kappa shape index (κ2) is 7.13. The molecule has 1 amide bonds. The van der Waals surface area contributed by atoms with Gasteiger partial charge >= 0.3 is 0 Å². The predicted molar refractivity (Wildman–Crippen MR) is 96.2 cm³/mol. The van der Waals surface area contributed by atoms with Crippen LogP contribution in [-0.2, 0) is 11.4 Å². The standard InChI is InChI=1S/C20H20N2O2/c1-3-20(23)22-16-8-10-17(11-9-16)24-13-15-12-14(2)21-19-7-5-4-6-18(15)19/h4-12H,3,13H2,1-2H3,(H,22,23). The first-order chi connectivity index (χ1) is 11.7. The molecule has 0 aliphatic carbocycles. The summed E-state index contributed by atoms with van der Waals surface area (Å²) in [6.07, 6.45) is 0.465. The average Bonchev–Trinajstić information content (AvgIpc) is 2.60. The van der Waals surface area contributed by atoms with Crippen molar-refractivity contribution in [2.45, 2.75) is 26.9 Å². The number of aryl methyl sites for hydroxylation is 1. The summed E-state index contributed by atoms with van der Waals surface area (Å²) in [7, 11) is 0. The molecule has 0 aliphatic rings. The number of aromatic nitrogens is 1. The molecule has 1 aromatic heterocycles. The summed E-state index contributed by atoms with van der Waals surface area (Å²) in [5, 5.41) is 3.93. The molecule has 1 N–H and O–H groups in total. The Balaban J connectivity index is 1.73. The van der Waals surface area contributed by atoms with Gasteiger partial charge in [-0.3, -0.25) is 9.78 Å². The normalized spacial score (nSPS) is 10.6. The molecule has 122 valence electrons. The second-order valence-corrected chi connectivity index (χ2v) is 5.65. The highest BCUT2D eigenvalue weighted by Gasteiger charge is 2.05. The van der Waals surface area contributed by atoms with Gasteiger partial charge in [-0.1, -0.05) is 25.1 Å². The Bertz CT molecular complexity index is 857. The topological polar surface area (TPSA) is 51.2 Å². The van der Waals surface area contributed by atoms with E-state index in [0.717, 1.165) is 33.6 Å². The van der Waals surface area contributed by atoms with Crippen molar-refractivity contribution in [1.82, 2.24) is 4.98 Å². The van der Waals surface area contributed by atoms with E-state index in [4.69, 9.17) is 4.74 Å². The lowest BCUT2D eigenvalue weighted by atomic mass is 10.1. The molecule has 0 spiro atoms. The van der Waals surface area contributed by atoms with Crippen molar-refractivity contribution in [3.05, 3.63) is 65.9 Å². The minimum atomic E-state index is 0.00222. The molecule has 1 heterocycles. The van der Waals surface area contributed by atoms with Crippen LogP contribution < -0.4 is 10.1 Å².